The summed E-state index contributed by atoms with van der Waals surface area (Å²) in [6.07, 6.45) is -1.40. The van der Waals surface area contributed by atoms with Gasteiger partial charge in [0.2, 0.25) is 0 Å². The summed E-state index contributed by atoms with van der Waals surface area (Å²) in [4.78, 5) is 7.89. The molecule has 20 heavy (non-hydrogen) atoms. The number of nitrogens with one attached hydrogen (secondary N) is 1. The zero-order chi connectivity index (χ0) is 14.4. The van der Waals surface area contributed by atoms with Crippen molar-refractivity contribution in [1.82, 2.24) is 18.1 Å². The Balaban J connectivity index is 2.12. The average molecular weight is 346 g/mol. The van der Waals surface area contributed by atoms with Crippen LogP contribution in [0.3, 0.4) is 0 Å². The fraction of sp³-hybridized carbons (Fsp3) is 0.500. The Morgan fingerprint density at radius 3 is 2.70 bits per heavy atom. The number of aromatic nitrogens is 4. The van der Waals surface area contributed by atoms with Crippen LogP contribution in [0.15, 0.2) is 12.7 Å². The monoisotopic (exact) mass is 345 g/mol. The number of hydrogen-bond acceptors (Lipinski definition) is 7. The van der Waals surface area contributed by atoms with E-state index in [2.05, 4.69) is 26.1 Å². The molecular formula is C10H12BrN5O4. The van der Waals surface area contributed by atoms with Crippen LogP contribution in [0.5, 0.6) is 0 Å². The first-order chi connectivity index (χ1) is 9.54. The Kier molecular flexibility index (Phi) is 3.34. The van der Waals surface area contributed by atoms with E-state index in [0.717, 1.165) is 0 Å². The van der Waals surface area contributed by atoms with Crippen molar-refractivity contribution >= 4 is 27.3 Å². The van der Waals surface area contributed by atoms with Gasteiger partial charge < -0.3 is 20.1 Å². The summed E-state index contributed by atoms with van der Waals surface area (Å²) in [5, 5.41) is 36.6. The quantitative estimate of drug-likeness (QED) is 0.523. The molecule has 108 valence electrons. The molecular weight excluding hydrogens is 334 g/mol. The van der Waals surface area contributed by atoms with Crippen LogP contribution in [-0.4, -0.2) is 58.4 Å². The number of aliphatic hydroxyl groups is 3. The van der Waals surface area contributed by atoms with Crippen molar-refractivity contribution in [2.75, 3.05) is 6.61 Å². The standard InChI is InChI=1S/C10H12BrN5O4/c11-16-3-14-8(12)5-9(16)15(2-13-5)10-7(19)6(18)4(1-17)20-10/h2-4,6-7,10,12,17-19H,1H2/t4-,6-,7-,10-/m1/s1. The van der Waals surface area contributed by atoms with Gasteiger partial charge in [-0.3, -0.25) is 9.98 Å². The smallest absolute Gasteiger partial charge is 0.176 e. The largest absolute Gasteiger partial charge is 0.394 e. The van der Waals surface area contributed by atoms with Gasteiger partial charge in [-0.25, -0.2) is 13.6 Å². The molecule has 0 aliphatic carbocycles. The first kappa shape index (κ1) is 13.6. The van der Waals surface area contributed by atoms with Gasteiger partial charge >= 0.3 is 0 Å². The van der Waals surface area contributed by atoms with Crippen LogP contribution in [0, 0.1) is 5.41 Å². The van der Waals surface area contributed by atoms with Crippen LogP contribution >= 0.6 is 16.1 Å². The molecule has 0 saturated carbocycles. The van der Waals surface area contributed by atoms with Crippen LogP contribution in [0.4, 0.5) is 0 Å². The fourth-order valence-corrected chi connectivity index (χ4v) is 2.70. The maximum atomic E-state index is 10.0. The lowest BCUT2D eigenvalue weighted by atomic mass is 10.1. The number of halogens is 1. The molecule has 10 heteroatoms. The van der Waals surface area contributed by atoms with E-state index in [1.54, 1.807) is 0 Å². The Morgan fingerprint density at radius 2 is 2.05 bits per heavy atom. The van der Waals surface area contributed by atoms with Gasteiger partial charge in [-0.2, -0.15) is 0 Å². The number of ether oxygens (including phenoxy) is 1. The Morgan fingerprint density at radius 1 is 1.30 bits per heavy atom. The molecule has 0 amide bonds. The lowest BCUT2D eigenvalue weighted by Gasteiger charge is -2.17. The van der Waals surface area contributed by atoms with Crippen LogP contribution in [0.25, 0.3) is 11.2 Å². The van der Waals surface area contributed by atoms with Crippen molar-refractivity contribution in [3.05, 3.63) is 18.1 Å². The van der Waals surface area contributed by atoms with Gasteiger partial charge in [0, 0.05) is 0 Å². The van der Waals surface area contributed by atoms with E-state index in [9.17, 15) is 10.2 Å². The second-order valence-corrected chi connectivity index (χ2v) is 5.22. The number of aliphatic hydroxyl groups excluding tert-OH is 3. The molecule has 9 nitrogen and oxygen atoms in total. The van der Waals surface area contributed by atoms with Crippen molar-refractivity contribution in [3.63, 3.8) is 0 Å². The van der Waals surface area contributed by atoms with E-state index in [1.807, 2.05) is 0 Å². The minimum absolute atomic E-state index is 0.0128. The number of nitrogens with zero attached hydrogens (tertiary/aromatic N) is 4. The molecule has 0 spiro atoms. The Hall–Kier alpha value is -1.33. The second kappa shape index (κ2) is 4.90. The summed E-state index contributed by atoms with van der Waals surface area (Å²) in [7, 11) is 0. The summed E-state index contributed by atoms with van der Waals surface area (Å²) in [6, 6.07) is 0. The number of hydrogen-bond donors (Lipinski definition) is 4. The summed E-state index contributed by atoms with van der Waals surface area (Å²) < 4.78 is 8.38. The number of fused-ring (bicyclic) bond motifs is 1. The van der Waals surface area contributed by atoms with Crippen molar-refractivity contribution in [3.8, 4) is 0 Å². The zero-order valence-electron chi connectivity index (χ0n) is 10.1. The van der Waals surface area contributed by atoms with Gasteiger partial charge in [0.1, 0.15) is 24.6 Å². The highest BCUT2D eigenvalue weighted by Crippen LogP contribution is 2.31. The third kappa shape index (κ3) is 1.88. The third-order valence-corrected chi connectivity index (χ3v) is 3.79. The molecule has 3 rings (SSSR count). The van der Waals surface area contributed by atoms with E-state index < -0.39 is 31.1 Å². The van der Waals surface area contributed by atoms with Gasteiger partial charge in [-0.05, 0) is 0 Å². The molecule has 1 fully saturated rings. The molecule has 4 atom stereocenters. The van der Waals surface area contributed by atoms with Gasteiger partial charge in [0.05, 0.1) is 29.1 Å². The maximum Gasteiger partial charge on any atom is 0.176 e. The van der Waals surface area contributed by atoms with Crippen molar-refractivity contribution in [1.29, 1.82) is 5.41 Å². The van der Waals surface area contributed by atoms with Crippen molar-refractivity contribution in [2.45, 2.75) is 24.5 Å². The minimum Gasteiger partial charge on any atom is -0.394 e. The molecule has 0 unspecified atom stereocenters. The van der Waals surface area contributed by atoms with E-state index in [1.165, 1.54) is 20.8 Å². The van der Waals surface area contributed by atoms with Gasteiger partial charge in [0.15, 0.2) is 22.9 Å². The lowest BCUT2D eigenvalue weighted by Crippen LogP contribution is -2.33. The van der Waals surface area contributed by atoms with Crippen molar-refractivity contribution < 1.29 is 20.1 Å². The number of imidazole rings is 1. The summed E-state index contributed by atoms with van der Waals surface area (Å²) >= 11 is 3.24. The maximum absolute atomic E-state index is 10.0. The van der Waals surface area contributed by atoms with Crippen molar-refractivity contribution in [2.24, 2.45) is 0 Å². The van der Waals surface area contributed by atoms with Crippen LogP contribution < -0.4 is 5.49 Å². The second-order valence-electron chi connectivity index (χ2n) is 4.46. The Labute approximate surface area is 120 Å². The van der Waals surface area contributed by atoms with E-state index in [-0.39, 0.29) is 5.49 Å². The minimum atomic E-state index is -1.21. The fourth-order valence-electron chi connectivity index (χ4n) is 2.25. The molecule has 1 aliphatic heterocycles. The molecule has 1 saturated heterocycles. The summed E-state index contributed by atoms with van der Waals surface area (Å²) in [5.41, 5.74) is 0.767. The van der Waals surface area contributed by atoms with E-state index in [0.29, 0.717) is 11.2 Å². The lowest BCUT2D eigenvalue weighted by molar-refractivity contribution is -0.0511. The predicted molar refractivity (Wildman–Crippen MR) is 68.7 cm³/mol. The Bertz CT molecular complexity index is 701. The highest BCUT2D eigenvalue weighted by Gasteiger charge is 2.44. The average Bonchev–Trinajstić information content (AvgIpc) is 2.99. The molecule has 0 bridgehead atoms. The van der Waals surface area contributed by atoms with Crippen LogP contribution in [0.2, 0.25) is 0 Å². The molecule has 0 aromatic carbocycles. The van der Waals surface area contributed by atoms with Gasteiger partial charge in [-0.15, -0.1) is 0 Å². The SMILES string of the molecule is N=c1ncn(Br)c2c1ncn2[C@@H]1O[C@H](CO)[C@@H](O)[C@H]1O. The molecule has 3 heterocycles. The first-order valence-electron chi connectivity index (χ1n) is 5.82. The molecule has 0 radical (unpaired) electrons. The van der Waals surface area contributed by atoms with Gasteiger partial charge in [0.25, 0.3) is 0 Å². The topological polar surface area (TPSA) is 129 Å². The summed E-state index contributed by atoms with van der Waals surface area (Å²) in [6.45, 7) is -0.402. The molecule has 1 aliphatic rings. The third-order valence-electron chi connectivity index (χ3n) is 3.27. The van der Waals surface area contributed by atoms with Crippen LogP contribution in [-0.2, 0) is 4.74 Å². The van der Waals surface area contributed by atoms with E-state index in [4.69, 9.17) is 15.3 Å². The zero-order valence-corrected chi connectivity index (χ0v) is 11.7. The molecule has 2 aromatic heterocycles. The molecule has 4 N–H and O–H groups in total. The summed E-state index contributed by atoms with van der Waals surface area (Å²) in [5.74, 6) is 0. The highest BCUT2D eigenvalue weighted by molar-refractivity contribution is 9.08. The molecule has 2 aromatic rings. The van der Waals surface area contributed by atoms with Crippen LogP contribution in [0.1, 0.15) is 6.23 Å². The normalized spacial score (nSPS) is 30.2. The van der Waals surface area contributed by atoms with E-state index >= 15 is 0 Å². The van der Waals surface area contributed by atoms with Gasteiger partial charge in [-0.1, -0.05) is 0 Å². The number of rotatable bonds is 2. The highest BCUT2D eigenvalue weighted by atomic mass is 79.9. The predicted octanol–water partition coefficient (Wildman–Crippen LogP) is -1.52. The first-order valence-corrected chi connectivity index (χ1v) is 6.53.